The molecule has 0 bridgehead atoms. The molecular weight excluding hydrogens is 245 g/mol. The van der Waals surface area contributed by atoms with Crippen LogP contribution in [0.25, 0.3) is 0 Å². The molecule has 0 saturated carbocycles. The van der Waals surface area contributed by atoms with Crippen molar-refractivity contribution in [3.8, 4) is 11.8 Å². The largest absolute Gasteiger partial charge is 0.475 e. The number of nitriles is 1. The molecule has 0 spiro atoms. The zero-order valence-electron chi connectivity index (χ0n) is 9.42. The summed E-state index contributed by atoms with van der Waals surface area (Å²) < 4.78 is 44.4. The van der Waals surface area contributed by atoms with Gasteiger partial charge in [0.2, 0.25) is 5.60 Å². The molecule has 1 aliphatic heterocycles. The number of rotatable bonds is 2. The molecule has 1 fully saturated rings. The first-order valence-electron chi connectivity index (χ1n) is 5.44. The smallest absolute Gasteiger partial charge is 0.429 e. The van der Waals surface area contributed by atoms with Crippen LogP contribution in [0.3, 0.4) is 0 Å². The minimum Gasteiger partial charge on any atom is -0.475 e. The fourth-order valence-electron chi connectivity index (χ4n) is 1.91. The first kappa shape index (κ1) is 12.7. The summed E-state index contributed by atoms with van der Waals surface area (Å²) in [5.41, 5.74) is -2.13. The molecular formula is C12H11F3N2O. The molecule has 3 nitrogen and oxygen atoms in total. The van der Waals surface area contributed by atoms with Crippen molar-refractivity contribution in [2.24, 2.45) is 0 Å². The molecule has 1 aromatic rings. The van der Waals surface area contributed by atoms with Crippen LogP contribution < -0.4 is 10.1 Å². The third kappa shape index (κ3) is 2.14. The van der Waals surface area contributed by atoms with Gasteiger partial charge in [-0.25, -0.2) is 0 Å². The Kier molecular flexibility index (Phi) is 3.18. The van der Waals surface area contributed by atoms with Crippen LogP contribution in [0.5, 0.6) is 5.75 Å². The van der Waals surface area contributed by atoms with Gasteiger partial charge in [-0.05, 0) is 18.7 Å². The zero-order valence-corrected chi connectivity index (χ0v) is 9.42. The quantitative estimate of drug-likeness (QED) is 0.882. The van der Waals surface area contributed by atoms with E-state index in [9.17, 15) is 13.2 Å². The molecule has 1 unspecified atom stereocenters. The maximum atomic E-state index is 13.1. The monoisotopic (exact) mass is 256 g/mol. The minimum atomic E-state index is -4.47. The van der Waals surface area contributed by atoms with E-state index in [-0.39, 0.29) is 30.8 Å². The van der Waals surface area contributed by atoms with Crippen LogP contribution in [-0.2, 0) is 0 Å². The molecule has 18 heavy (non-hydrogen) atoms. The summed E-state index contributed by atoms with van der Waals surface area (Å²) in [6.07, 6.45) is -4.63. The highest BCUT2D eigenvalue weighted by Gasteiger charge is 2.59. The number of nitrogens with zero attached hydrogens (tertiary/aromatic N) is 1. The van der Waals surface area contributed by atoms with Gasteiger partial charge in [-0.15, -0.1) is 0 Å². The predicted molar refractivity (Wildman–Crippen MR) is 58.1 cm³/mol. The van der Waals surface area contributed by atoms with Crippen molar-refractivity contribution >= 4 is 0 Å². The molecule has 96 valence electrons. The lowest BCUT2D eigenvalue weighted by atomic mass is 10.0. The van der Waals surface area contributed by atoms with Gasteiger partial charge in [0.25, 0.3) is 0 Å². The van der Waals surface area contributed by atoms with E-state index in [0.29, 0.717) is 0 Å². The maximum Gasteiger partial charge on any atom is 0.429 e. The Morgan fingerprint density at radius 1 is 1.33 bits per heavy atom. The van der Waals surface area contributed by atoms with E-state index >= 15 is 0 Å². The van der Waals surface area contributed by atoms with E-state index in [1.54, 1.807) is 12.1 Å². The average molecular weight is 256 g/mol. The average Bonchev–Trinajstić information content (AvgIpc) is 2.79. The summed E-state index contributed by atoms with van der Waals surface area (Å²) in [5.74, 6) is -0.0268. The van der Waals surface area contributed by atoms with Crippen LogP contribution in [-0.4, -0.2) is 24.9 Å². The summed E-state index contributed by atoms with van der Waals surface area (Å²) >= 11 is 0. The van der Waals surface area contributed by atoms with Crippen molar-refractivity contribution in [2.45, 2.75) is 18.2 Å². The molecule has 1 saturated heterocycles. The second-order valence-electron chi connectivity index (χ2n) is 4.13. The van der Waals surface area contributed by atoms with Crippen molar-refractivity contribution < 1.29 is 17.9 Å². The SMILES string of the molecule is N#Cc1ccccc1OC1(C(F)(F)F)CCNC1. The summed E-state index contributed by atoms with van der Waals surface area (Å²) in [7, 11) is 0. The lowest BCUT2D eigenvalue weighted by molar-refractivity contribution is -0.240. The third-order valence-corrected chi connectivity index (χ3v) is 2.95. The normalized spacial score (nSPS) is 23.7. The molecule has 0 amide bonds. The van der Waals surface area contributed by atoms with Gasteiger partial charge in [0.05, 0.1) is 5.56 Å². The maximum absolute atomic E-state index is 13.1. The number of benzene rings is 1. The lowest BCUT2D eigenvalue weighted by Gasteiger charge is -2.31. The molecule has 1 aliphatic rings. The highest BCUT2D eigenvalue weighted by Crippen LogP contribution is 2.39. The van der Waals surface area contributed by atoms with Gasteiger partial charge in [0.1, 0.15) is 11.8 Å². The first-order chi connectivity index (χ1) is 8.48. The van der Waals surface area contributed by atoms with Crippen LogP contribution in [0.4, 0.5) is 13.2 Å². The third-order valence-electron chi connectivity index (χ3n) is 2.95. The van der Waals surface area contributed by atoms with Gasteiger partial charge in [-0.1, -0.05) is 12.1 Å². The molecule has 0 aliphatic carbocycles. The Labute approximate surface area is 102 Å². The van der Waals surface area contributed by atoms with E-state index in [0.717, 1.165) is 0 Å². The number of para-hydroxylation sites is 1. The summed E-state index contributed by atoms with van der Waals surface area (Å²) in [6.45, 7) is -0.0511. The summed E-state index contributed by atoms with van der Waals surface area (Å²) in [6, 6.07) is 7.76. The number of ether oxygens (including phenoxy) is 1. The van der Waals surface area contributed by atoms with Gasteiger partial charge < -0.3 is 10.1 Å². The van der Waals surface area contributed by atoms with Crippen molar-refractivity contribution in [2.75, 3.05) is 13.1 Å². The van der Waals surface area contributed by atoms with Crippen molar-refractivity contribution in [1.82, 2.24) is 5.32 Å². The van der Waals surface area contributed by atoms with E-state index < -0.39 is 11.8 Å². The number of hydrogen-bond donors (Lipinski definition) is 1. The molecule has 2 rings (SSSR count). The second kappa shape index (κ2) is 4.50. The number of nitrogens with one attached hydrogen (secondary N) is 1. The van der Waals surface area contributed by atoms with E-state index in [2.05, 4.69) is 5.32 Å². The minimum absolute atomic E-state index is 0.0268. The van der Waals surface area contributed by atoms with E-state index in [1.165, 1.54) is 12.1 Å². The fraction of sp³-hybridized carbons (Fsp3) is 0.417. The highest BCUT2D eigenvalue weighted by molar-refractivity contribution is 5.43. The Bertz CT molecular complexity index is 473. The summed E-state index contributed by atoms with van der Waals surface area (Å²) in [5, 5.41) is 11.5. The zero-order chi connectivity index (χ0) is 13.2. The molecule has 0 aromatic heterocycles. The van der Waals surface area contributed by atoms with Crippen LogP contribution in [0.15, 0.2) is 24.3 Å². The van der Waals surface area contributed by atoms with Gasteiger partial charge in [-0.2, -0.15) is 18.4 Å². The van der Waals surface area contributed by atoms with Crippen molar-refractivity contribution in [3.05, 3.63) is 29.8 Å². The predicted octanol–water partition coefficient (Wildman–Crippen LogP) is 2.23. The van der Waals surface area contributed by atoms with Gasteiger partial charge in [-0.3, -0.25) is 0 Å². The highest BCUT2D eigenvalue weighted by atomic mass is 19.4. The second-order valence-corrected chi connectivity index (χ2v) is 4.13. The van der Waals surface area contributed by atoms with E-state index in [1.807, 2.05) is 6.07 Å². The Morgan fingerprint density at radius 2 is 2.06 bits per heavy atom. The van der Waals surface area contributed by atoms with Crippen LogP contribution in [0.1, 0.15) is 12.0 Å². The topological polar surface area (TPSA) is 45.0 Å². The fourth-order valence-corrected chi connectivity index (χ4v) is 1.91. The number of halogens is 3. The standard InChI is InChI=1S/C12H11F3N2O/c13-12(14,15)11(5-6-17-8-11)18-10-4-2-1-3-9(10)7-16/h1-4,17H,5-6,8H2. The first-order valence-corrected chi connectivity index (χ1v) is 5.44. The number of hydrogen-bond acceptors (Lipinski definition) is 3. The van der Waals surface area contributed by atoms with Crippen LogP contribution in [0.2, 0.25) is 0 Å². The van der Waals surface area contributed by atoms with Gasteiger partial charge in [0, 0.05) is 13.0 Å². The Morgan fingerprint density at radius 3 is 2.61 bits per heavy atom. The van der Waals surface area contributed by atoms with Gasteiger partial charge in [0.15, 0.2) is 0 Å². The van der Waals surface area contributed by atoms with Crippen molar-refractivity contribution in [3.63, 3.8) is 0 Å². The Balaban J connectivity index is 2.34. The molecule has 0 radical (unpaired) electrons. The van der Waals surface area contributed by atoms with Gasteiger partial charge >= 0.3 is 6.18 Å². The molecule has 1 aromatic carbocycles. The lowest BCUT2D eigenvalue weighted by Crippen LogP contribution is -2.52. The van der Waals surface area contributed by atoms with Crippen LogP contribution in [0, 0.1) is 11.3 Å². The molecule has 6 heteroatoms. The Hall–Kier alpha value is -1.74. The van der Waals surface area contributed by atoms with E-state index in [4.69, 9.17) is 10.00 Å². The summed E-state index contributed by atoms with van der Waals surface area (Å²) in [4.78, 5) is 0. The van der Waals surface area contributed by atoms with Crippen molar-refractivity contribution in [1.29, 1.82) is 5.26 Å². The molecule has 1 N–H and O–H groups in total. The molecule has 1 atom stereocenters. The molecule has 1 heterocycles. The van der Waals surface area contributed by atoms with Crippen LogP contribution >= 0.6 is 0 Å². The number of alkyl halides is 3.